The fraction of sp³-hybridized carbons (Fsp3) is 0.214. The molecule has 0 saturated heterocycles. The first kappa shape index (κ1) is 14.7. The molecule has 0 fully saturated rings. The number of benzene rings is 1. The lowest BCUT2D eigenvalue weighted by atomic mass is 9.79. The highest BCUT2D eigenvalue weighted by atomic mass is 19.1. The van der Waals surface area contributed by atoms with E-state index in [4.69, 9.17) is 4.74 Å². The normalized spacial score (nSPS) is 24.8. The molecule has 7 heteroatoms. The van der Waals surface area contributed by atoms with Gasteiger partial charge in [-0.1, -0.05) is 30.3 Å². The molecule has 1 aliphatic carbocycles. The van der Waals surface area contributed by atoms with Crippen molar-refractivity contribution in [1.82, 2.24) is 0 Å². The van der Waals surface area contributed by atoms with E-state index >= 15 is 0 Å². The monoisotopic (exact) mass is 293 g/mol. The van der Waals surface area contributed by atoms with Crippen molar-refractivity contribution in [2.45, 2.75) is 11.6 Å². The lowest BCUT2D eigenvalue weighted by molar-refractivity contribution is -0.425. The summed E-state index contributed by atoms with van der Waals surface area (Å²) in [4.78, 5) is 21.4. The summed E-state index contributed by atoms with van der Waals surface area (Å²) >= 11 is 0. The number of hydrogen-bond acceptors (Lipinski definition) is 4. The number of alkyl halides is 1. The average molecular weight is 293 g/mol. The molecule has 0 heterocycles. The van der Waals surface area contributed by atoms with E-state index in [1.54, 1.807) is 30.3 Å². The predicted molar refractivity (Wildman–Crippen MR) is 70.8 cm³/mol. The topological polar surface area (TPSA) is 89.7 Å². The zero-order valence-electron chi connectivity index (χ0n) is 11.0. The van der Waals surface area contributed by atoms with Crippen molar-refractivity contribution in [1.29, 1.82) is 0 Å². The molecule has 2 rings (SSSR count). The Hall–Kier alpha value is -2.70. The van der Waals surface area contributed by atoms with E-state index in [0.29, 0.717) is 11.6 Å². The summed E-state index contributed by atoms with van der Waals surface area (Å²) in [7, 11) is 1.21. The fourth-order valence-electron chi connectivity index (χ4n) is 2.23. The lowest BCUT2D eigenvalue weighted by Crippen LogP contribution is -2.40. The molecular formula is C14H12FNO5. The molecule has 0 amide bonds. The van der Waals surface area contributed by atoms with Crippen LogP contribution in [0.4, 0.5) is 4.39 Å². The minimum Gasteiger partial charge on any atom is -0.490 e. The number of rotatable bonds is 4. The summed E-state index contributed by atoms with van der Waals surface area (Å²) in [6.45, 7) is 0. The van der Waals surface area contributed by atoms with E-state index in [2.05, 4.69) is 0 Å². The number of carboxylic acids is 1. The molecule has 2 atom stereocenters. The number of carbonyl (C=O) groups is 1. The van der Waals surface area contributed by atoms with Crippen LogP contribution in [0.2, 0.25) is 0 Å². The van der Waals surface area contributed by atoms with Crippen LogP contribution in [-0.4, -0.2) is 28.8 Å². The van der Waals surface area contributed by atoms with E-state index in [1.165, 1.54) is 7.11 Å². The highest BCUT2D eigenvalue weighted by molar-refractivity contribution is 5.83. The molecule has 0 aromatic heterocycles. The Morgan fingerprint density at radius 3 is 2.52 bits per heavy atom. The number of hydrogen-bond donors (Lipinski definition) is 1. The SMILES string of the molecule is COC1=CC(c2ccccc2)C(F)(C(=O)O)C=C1[N+](=O)[O-]. The van der Waals surface area contributed by atoms with Crippen molar-refractivity contribution in [3.8, 4) is 0 Å². The quantitative estimate of drug-likeness (QED) is 0.679. The van der Waals surface area contributed by atoms with Crippen LogP contribution in [0, 0.1) is 10.1 Å². The third kappa shape index (κ3) is 2.49. The van der Waals surface area contributed by atoms with Crippen molar-refractivity contribution in [3.05, 3.63) is 69.6 Å². The Kier molecular flexibility index (Phi) is 3.75. The lowest BCUT2D eigenvalue weighted by Gasteiger charge is -2.28. The molecule has 0 aliphatic heterocycles. The van der Waals surface area contributed by atoms with Crippen LogP contribution in [0.5, 0.6) is 0 Å². The smallest absolute Gasteiger partial charge is 0.346 e. The van der Waals surface area contributed by atoms with E-state index in [9.17, 15) is 24.4 Å². The van der Waals surface area contributed by atoms with Crippen molar-refractivity contribution < 1.29 is 24.0 Å². The predicted octanol–water partition coefficient (Wildman–Crippen LogP) is 2.27. The van der Waals surface area contributed by atoms with Crippen LogP contribution in [-0.2, 0) is 9.53 Å². The Bertz CT molecular complexity index is 640. The van der Waals surface area contributed by atoms with Gasteiger partial charge in [-0.05, 0) is 11.6 Å². The first-order valence-electron chi connectivity index (χ1n) is 6.01. The highest BCUT2D eigenvalue weighted by Crippen LogP contribution is 2.41. The van der Waals surface area contributed by atoms with Gasteiger partial charge >= 0.3 is 11.7 Å². The van der Waals surface area contributed by atoms with E-state index in [0.717, 1.165) is 6.08 Å². The van der Waals surface area contributed by atoms with Gasteiger partial charge in [0, 0.05) is 6.08 Å². The summed E-state index contributed by atoms with van der Waals surface area (Å²) < 4.78 is 19.8. The van der Waals surface area contributed by atoms with Crippen LogP contribution in [0.25, 0.3) is 0 Å². The Morgan fingerprint density at radius 2 is 2.05 bits per heavy atom. The number of halogens is 1. The fourth-order valence-corrected chi connectivity index (χ4v) is 2.23. The minimum absolute atomic E-state index is 0.164. The van der Waals surface area contributed by atoms with E-state index < -0.39 is 28.2 Å². The third-order valence-electron chi connectivity index (χ3n) is 3.27. The van der Waals surface area contributed by atoms with Crippen LogP contribution in [0.3, 0.4) is 0 Å². The Morgan fingerprint density at radius 1 is 1.43 bits per heavy atom. The number of nitro groups is 1. The maximum absolute atomic E-state index is 14.9. The molecule has 2 unspecified atom stereocenters. The molecule has 0 radical (unpaired) electrons. The molecule has 110 valence electrons. The first-order chi connectivity index (χ1) is 9.90. The maximum atomic E-state index is 14.9. The second-order valence-electron chi connectivity index (χ2n) is 4.48. The largest absolute Gasteiger partial charge is 0.490 e. The molecular weight excluding hydrogens is 281 g/mol. The number of nitrogens with zero attached hydrogens (tertiary/aromatic N) is 1. The number of allylic oxidation sites excluding steroid dienone is 1. The Labute approximate surface area is 119 Å². The summed E-state index contributed by atoms with van der Waals surface area (Å²) in [6.07, 6.45) is 1.62. The van der Waals surface area contributed by atoms with Crippen molar-refractivity contribution in [2.24, 2.45) is 0 Å². The zero-order chi connectivity index (χ0) is 15.6. The second kappa shape index (κ2) is 5.35. The van der Waals surface area contributed by atoms with Crippen LogP contribution < -0.4 is 0 Å². The van der Waals surface area contributed by atoms with Gasteiger partial charge in [0.05, 0.1) is 18.0 Å². The molecule has 1 aromatic carbocycles. The standard InChI is InChI=1S/C14H12FNO5/c1-21-12-7-10(9-5-3-2-4-6-9)14(15,13(17)18)8-11(12)16(19)20/h2-8,10H,1H3,(H,17,18). The van der Waals surface area contributed by atoms with Crippen molar-refractivity contribution >= 4 is 5.97 Å². The summed E-state index contributed by atoms with van der Waals surface area (Å²) in [5.41, 5.74) is -3.23. The molecule has 0 bridgehead atoms. The van der Waals surface area contributed by atoms with Gasteiger partial charge in [-0.2, -0.15) is 0 Å². The zero-order valence-corrected chi connectivity index (χ0v) is 11.0. The van der Waals surface area contributed by atoms with Crippen molar-refractivity contribution in [3.63, 3.8) is 0 Å². The van der Waals surface area contributed by atoms with E-state index in [1.807, 2.05) is 0 Å². The molecule has 6 nitrogen and oxygen atoms in total. The van der Waals surface area contributed by atoms with Gasteiger partial charge in [0.15, 0.2) is 5.76 Å². The number of ether oxygens (including phenoxy) is 1. The van der Waals surface area contributed by atoms with Crippen LogP contribution in [0.1, 0.15) is 11.5 Å². The van der Waals surface area contributed by atoms with Gasteiger partial charge in [0.2, 0.25) is 5.67 Å². The van der Waals surface area contributed by atoms with Crippen molar-refractivity contribution in [2.75, 3.05) is 7.11 Å². The van der Waals surface area contributed by atoms with E-state index in [-0.39, 0.29) is 5.76 Å². The van der Waals surface area contributed by atoms with Gasteiger partial charge in [-0.25, -0.2) is 9.18 Å². The molecule has 0 spiro atoms. The first-order valence-corrected chi connectivity index (χ1v) is 6.01. The molecule has 1 N–H and O–H groups in total. The van der Waals surface area contributed by atoms with Crippen LogP contribution >= 0.6 is 0 Å². The molecule has 1 aromatic rings. The average Bonchev–Trinajstić information content (AvgIpc) is 2.47. The van der Waals surface area contributed by atoms with Gasteiger partial charge in [0.1, 0.15) is 0 Å². The van der Waals surface area contributed by atoms with Gasteiger partial charge < -0.3 is 9.84 Å². The number of methoxy groups -OCH3 is 1. The second-order valence-corrected chi connectivity index (χ2v) is 4.48. The molecule has 21 heavy (non-hydrogen) atoms. The molecule has 1 aliphatic rings. The maximum Gasteiger partial charge on any atom is 0.346 e. The highest BCUT2D eigenvalue weighted by Gasteiger charge is 2.50. The van der Waals surface area contributed by atoms with Gasteiger partial charge in [-0.15, -0.1) is 0 Å². The third-order valence-corrected chi connectivity index (χ3v) is 3.27. The number of carboxylic acid groups (broad SMARTS) is 1. The van der Waals surface area contributed by atoms with Crippen LogP contribution in [0.15, 0.2) is 53.9 Å². The Balaban J connectivity index is 2.61. The van der Waals surface area contributed by atoms with Gasteiger partial charge in [-0.3, -0.25) is 10.1 Å². The number of aliphatic carboxylic acids is 1. The summed E-state index contributed by atoms with van der Waals surface area (Å²) in [6, 6.07) is 8.06. The molecule has 0 saturated carbocycles. The summed E-state index contributed by atoms with van der Waals surface area (Å²) in [5, 5.41) is 20.1. The summed E-state index contributed by atoms with van der Waals surface area (Å²) in [5.74, 6) is -3.17. The van der Waals surface area contributed by atoms with Gasteiger partial charge in [0.25, 0.3) is 0 Å². The minimum atomic E-state index is -2.91.